The van der Waals surface area contributed by atoms with Crippen molar-refractivity contribution in [3.63, 3.8) is 0 Å². The Hall–Kier alpha value is -4.76. The first-order chi connectivity index (χ1) is 19.6. The highest BCUT2D eigenvalue weighted by Crippen LogP contribution is 2.40. The van der Waals surface area contributed by atoms with Gasteiger partial charge in [0.2, 0.25) is 5.28 Å². The second-order valence-electron chi connectivity index (χ2n) is 9.70. The minimum Gasteiger partial charge on any atom is -0.361 e. The Morgan fingerprint density at radius 2 is 1.65 bits per heavy atom. The smallest absolute Gasteiger partial charge is 0.225 e. The molecule has 8 nitrogen and oxygen atoms in total. The van der Waals surface area contributed by atoms with E-state index in [2.05, 4.69) is 59.8 Å². The zero-order chi connectivity index (χ0) is 27.1. The Morgan fingerprint density at radius 3 is 2.55 bits per heavy atom. The maximum absolute atomic E-state index is 13.5. The molecule has 0 saturated heterocycles. The van der Waals surface area contributed by atoms with Gasteiger partial charge in [0, 0.05) is 23.5 Å². The fourth-order valence-corrected chi connectivity index (χ4v) is 5.51. The molecule has 0 saturated carbocycles. The van der Waals surface area contributed by atoms with E-state index in [-0.39, 0.29) is 23.1 Å². The number of fused-ring (bicyclic) bond motifs is 3. The van der Waals surface area contributed by atoms with Crippen LogP contribution in [0.15, 0.2) is 85.3 Å². The van der Waals surface area contributed by atoms with E-state index >= 15 is 0 Å². The maximum atomic E-state index is 13.5. The highest BCUT2D eigenvalue weighted by molar-refractivity contribution is 6.28. The van der Waals surface area contributed by atoms with Crippen LogP contribution in [0.5, 0.6) is 0 Å². The molecule has 4 heterocycles. The van der Waals surface area contributed by atoms with Gasteiger partial charge in [-0.15, -0.1) is 0 Å². The summed E-state index contributed by atoms with van der Waals surface area (Å²) in [4.78, 5) is 27.2. The fraction of sp³-hybridized carbons (Fsp3) is 0.133. The number of hydrogen-bond acceptors (Lipinski definition) is 8. The summed E-state index contributed by atoms with van der Waals surface area (Å²) in [6, 6.07) is 22.2. The van der Waals surface area contributed by atoms with E-state index < -0.39 is 0 Å². The van der Waals surface area contributed by atoms with Gasteiger partial charge in [0.25, 0.3) is 0 Å². The van der Waals surface area contributed by atoms with E-state index in [0.717, 1.165) is 29.6 Å². The van der Waals surface area contributed by atoms with Crippen LogP contribution in [-0.4, -0.2) is 29.9 Å². The SMILES string of the molecule is Fc1ccc(Nc2nc(Cl)nc3ccc(C4Cc5ccccc5C(Nc5ncnc6cccnc56)C4)nc23)cc1. The predicted octanol–water partition coefficient (Wildman–Crippen LogP) is 6.78. The predicted molar refractivity (Wildman–Crippen MR) is 153 cm³/mol. The minimum atomic E-state index is -0.317. The van der Waals surface area contributed by atoms with Crippen molar-refractivity contribution in [1.29, 1.82) is 0 Å². The van der Waals surface area contributed by atoms with Gasteiger partial charge in [-0.05, 0) is 84.1 Å². The summed E-state index contributed by atoms with van der Waals surface area (Å²) in [5.74, 6) is 0.967. The molecule has 0 radical (unpaired) electrons. The average Bonchev–Trinajstić information content (AvgIpc) is 2.98. The molecule has 10 heteroatoms. The van der Waals surface area contributed by atoms with Gasteiger partial charge >= 0.3 is 0 Å². The molecule has 0 spiro atoms. The summed E-state index contributed by atoms with van der Waals surface area (Å²) in [6.45, 7) is 0. The molecule has 7 rings (SSSR count). The Morgan fingerprint density at radius 1 is 0.775 bits per heavy atom. The lowest BCUT2D eigenvalue weighted by molar-refractivity contribution is 0.516. The van der Waals surface area contributed by atoms with Crippen LogP contribution in [0, 0.1) is 5.82 Å². The Bertz CT molecular complexity index is 1860. The zero-order valence-electron chi connectivity index (χ0n) is 21.1. The average molecular weight is 549 g/mol. The van der Waals surface area contributed by atoms with Crippen LogP contribution in [0.4, 0.5) is 21.7 Å². The second kappa shape index (κ2) is 10.1. The minimum absolute atomic E-state index is 0.00849. The van der Waals surface area contributed by atoms with Crippen LogP contribution in [0.1, 0.15) is 35.2 Å². The third kappa shape index (κ3) is 4.65. The molecule has 0 fully saturated rings. The first-order valence-corrected chi connectivity index (χ1v) is 13.3. The lowest BCUT2D eigenvalue weighted by atomic mass is 9.79. The normalized spacial score (nSPS) is 16.6. The van der Waals surface area contributed by atoms with Gasteiger partial charge in [0.1, 0.15) is 23.2 Å². The van der Waals surface area contributed by atoms with E-state index in [0.29, 0.717) is 28.4 Å². The molecule has 2 atom stereocenters. The number of hydrogen-bond donors (Lipinski definition) is 2. The van der Waals surface area contributed by atoms with Gasteiger partial charge in [0.05, 0.1) is 17.1 Å². The zero-order valence-corrected chi connectivity index (χ0v) is 21.8. The lowest BCUT2D eigenvalue weighted by Crippen LogP contribution is -2.24. The third-order valence-corrected chi connectivity index (χ3v) is 7.35. The molecule has 196 valence electrons. The summed E-state index contributed by atoms with van der Waals surface area (Å²) in [7, 11) is 0. The van der Waals surface area contributed by atoms with Crippen molar-refractivity contribution in [1.82, 2.24) is 29.9 Å². The molecular weight excluding hydrogens is 527 g/mol. The van der Waals surface area contributed by atoms with Gasteiger partial charge in [-0.25, -0.2) is 24.3 Å². The Balaban J connectivity index is 1.25. The van der Waals surface area contributed by atoms with Crippen molar-refractivity contribution in [2.24, 2.45) is 0 Å². The summed E-state index contributed by atoms with van der Waals surface area (Å²) in [6.07, 6.45) is 4.94. The maximum Gasteiger partial charge on any atom is 0.225 e. The summed E-state index contributed by atoms with van der Waals surface area (Å²) >= 11 is 6.22. The molecular formula is C30H22ClFN8. The van der Waals surface area contributed by atoms with Crippen LogP contribution in [-0.2, 0) is 6.42 Å². The molecule has 6 aromatic rings. The van der Waals surface area contributed by atoms with Gasteiger partial charge in [-0.3, -0.25) is 4.98 Å². The topological polar surface area (TPSA) is 101 Å². The fourth-order valence-electron chi connectivity index (χ4n) is 5.33. The molecule has 2 aromatic carbocycles. The number of rotatable bonds is 5. The Labute approximate surface area is 233 Å². The van der Waals surface area contributed by atoms with Crippen LogP contribution in [0.3, 0.4) is 0 Å². The first-order valence-electron chi connectivity index (χ1n) is 12.9. The van der Waals surface area contributed by atoms with Gasteiger partial charge in [-0.1, -0.05) is 24.3 Å². The molecule has 40 heavy (non-hydrogen) atoms. The van der Waals surface area contributed by atoms with Gasteiger partial charge < -0.3 is 10.6 Å². The van der Waals surface area contributed by atoms with Crippen molar-refractivity contribution in [3.05, 3.63) is 113 Å². The monoisotopic (exact) mass is 548 g/mol. The lowest BCUT2D eigenvalue weighted by Gasteiger charge is -2.32. The Kier molecular flexibility index (Phi) is 6.13. The first kappa shape index (κ1) is 24.3. The summed E-state index contributed by atoms with van der Waals surface area (Å²) in [5.41, 5.74) is 6.82. The van der Waals surface area contributed by atoms with Crippen LogP contribution in [0.2, 0.25) is 5.28 Å². The third-order valence-electron chi connectivity index (χ3n) is 7.18. The highest BCUT2D eigenvalue weighted by Gasteiger charge is 2.29. The largest absolute Gasteiger partial charge is 0.361 e. The summed E-state index contributed by atoms with van der Waals surface area (Å²) < 4.78 is 13.5. The van der Waals surface area contributed by atoms with E-state index in [9.17, 15) is 4.39 Å². The number of aromatic nitrogens is 6. The molecule has 1 aliphatic carbocycles. The molecule has 0 aliphatic heterocycles. The van der Waals surface area contributed by atoms with Crippen molar-refractivity contribution >= 4 is 51.0 Å². The number of pyridine rings is 2. The molecule has 0 bridgehead atoms. The van der Waals surface area contributed by atoms with Gasteiger partial charge in [-0.2, -0.15) is 4.98 Å². The standard InChI is InChI=1S/C30H22ClFN8/c31-30-39-24-12-11-22(37-27(24)29(40-30)36-20-9-7-19(32)8-10-20)18-14-17-4-1-2-5-21(17)25(15-18)38-28-26-23(34-16-35-28)6-3-13-33-26/h1-13,16,18,25H,14-15H2,(H,34,35,38)(H,36,39,40). The quantitative estimate of drug-likeness (QED) is 0.227. The molecule has 1 aliphatic rings. The van der Waals surface area contributed by atoms with Crippen molar-refractivity contribution in [2.45, 2.75) is 24.8 Å². The van der Waals surface area contributed by atoms with E-state index in [4.69, 9.17) is 16.6 Å². The van der Waals surface area contributed by atoms with Crippen molar-refractivity contribution < 1.29 is 4.39 Å². The number of nitrogens with one attached hydrogen (secondary N) is 2. The van der Waals surface area contributed by atoms with Crippen LogP contribution in [0.25, 0.3) is 22.1 Å². The van der Waals surface area contributed by atoms with Crippen molar-refractivity contribution in [2.75, 3.05) is 10.6 Å². The number of anilines is 3. The number of halogens is 2. The van der Waals surface area contributed by atoms with Crippen LogP contribution < -0.4 is 10.6 Å². The number of nitrogens with zero attached hydrogens (tertiary/aromatic N) is 6. The molecule has 2 N–H and O–H groups in total. The second-order valence-corrected chi connectivity index (χ2v) is 10.0. The molecule has 0 amide bonds. The van der Waals surface area contributed by atoms with Gasteiger partial charge in [0.15, 0.2) is 11.6 Å². The van der Waals surface area contributed by atoms with Crippen molar-refractivity contribution in [3.8, 4) is 0 Å². The van der Waals surface area contributed by atoms with E-state index in [1.54, 1.807) is 24.7 Å². The van der Waals surface area contributed by atoms with Crippen LogP contribution >= 0.6 is 11.6 Å². The van der Waals surface area contributed by atoms with E-state index in [1.165, 1.54) is 23.3 Å². The number of benzene rings is 2. The summed E-state index contributed by atoms with van der Waals surface area (Å²) in [5, 5.41) is 6.97. The molecule has 4 aromatic heterocycles. The highest BCUT2D eigenvalue weighted by atomic mass is 35.5. The molecule has 2 unspecified atom stereocenters. The van der Waals surface area contributed by atoms with E-state index in [1.807, 2.05) is 24.3 Å².